The fourth-order valence-electron chi connectivity index (χ4n) is 1.71. The first kappa shape index (κ1) is 13.4. The van der Waals surface area contributed by atoms with Crippen LogP contribution in [0, 0.1) is 0 Å². The molecule has 1 heterocycles. The van der Waals surface area contributed by atoms with Crippen molar-refractivity contribution in [2.24, 2.45) is 0 Å². The van der Waals surface area contributed by atoms with Crippen molar-refractivity contribution in [2.75, 3.05) is 18.2 Å². The number of hydrogen-bond donors (Lipinski definition) is 0. The smallest absolute Gasteiger partial charge is 0.213 e. The van der Waals surface area contributed by atoms with Gasteiger partial charge in [-0.2, -0.15) is 0 Å². The Morgan fingerprint density at radius 3 is 1.47 bits per heavy atom. The lowest BCUT2D eigenvalue weighted by Crippen LogP contribution is -2.03. The molecule has 0 aromatic rings. The molecule has 0 saturated carbocycles. The van der Waals surface area contributed by atoms with Gasteiger partial charge in [-0.25, -0.2) is 0 Å². The number of rotatable bonds is 4. The van der Waals surface area contributed by atoms with Crippen LogP contribution < -0.4 is 0 Å². The summed E-state index contributed by atoms with van der Waals surface area (Å²) in [6, 6.07) is 0. The quantitative estimate of drug-likeness (QED) is 0.722. The summed E-state index contributed by atoms with van der Waals surface area (Å²) in [7, 11) is -5.38. The molecular formula is C9H20O4P2. The molecule has 0 aliphatic carbocycles. The van der Waals surface area contributed by atoms with Crippen LogP contribution >= 0.6 is 14.7 Å². The van der Waals surface area contributed by atoms with Crippen molar-refractivity contribution in [3.8, 4) is 0 Å². The lowest BCUT2D eigenvalue weighted by molar-refractivity contribution is 0.242. The third-order valence-corrected chi connectivity index (χ3v) is 9.24. The minimum Gasteiger partial charge on any atom is -0.325 e. The Hall–Kier alpha value is 0.380. The third-order valence-electron chi connectivity index (χ3n) is 2.02. The summed E-state index contributed by atoms with van der Waals surface area (Å²) in [4.78, 5) is 0. The van der Waals surface area contributed by atoms with Gasteiger partial charge in [0.05, 0.1) is 12.2 Å². The van der Waals surface area contributed by atoms with E-state index in [1.165, 1.54) is 0 Å². The molecule has 15 heavy (non-hydrogen) atoms. The van der Waals surface area contributed by atoms with E-state index in [4.69, 9.17) is 9.05 Å². The van der Waals surface area contributed by atoms with Crippen molar-refractivity contribution in [3.63, 3.8) is 0 Å². The largest absolute Gasteiger partial charge is 0.325 e. The minimum absolute atomic E-state index is 0.0820. The maximum Gasteiger partial charge on any atom is 0.213 e. The van der Waals surface area contributed by atoms with Gasteiger partial charge >= 0.3 is 0 Å². The van der Waals surface area contributed by atoms with Crippen molar-refractivity contribution in [1.82, 2.24) is 0 Å². The van der Waals surface area contributed by atoms with E-state index >= 15 is 0 Å². The van der Waals surface area contributed by atoms with E-state index in [0.29, 0.717) is 12.3 Å². The minimum atomic E-state index is -2.69. The summed E-state index contributed by atoms with van der Waals surface area (Å²) in [6.45, 7) is 7.36. The zero-order valence-electron chi connectivity index (χ0n) is 9.80. The third kappa shape index (κ3) is 4.03. The maximum absolute atomic E-state index is 12.1. The van der Waals surface area contributed by atoms with E-state index in [2.05, 4.69) is 0 Å². The van der Waals surface area contributed by atoms with Gasteiger partial charge in [0, 0.05) is 12.3 Å². The Balaban J connectivity index is 2.65. The molecule has 0 radical (unpaired) electrons. The van der Waals surface area contributed by atoms with Crippen molar-refractivity contribution >= 4 is 14.7 Å². The molecule has 0 N–H and O–H groups in total. The molecule has 2 atom stereocenters. The summed E-state index contributed by atoms with van der Waals surface area (Å²) in [5.41, 5.74) is 0. The normalized spacial score (nSPS) is 36.7. The molecule has 90 valence electrons. The molecule has 1 aliphatic heterocycles. The Labute approximate surface area is 91.6 Å². The molecule has 0 aromatic carbocycles. The highest BCUT2D eigenvalue weighted by Gasteiger charge is 2.44. The Kier molecular flexibility index (Phi) is 4.22. The average Bonchev–Trinajstić information content (AvgIpc) is 2.22. The molecule has 4 nitrogen and oxygen atoms in total. The molecule has 6 heteroatoms. The van der Waals surface area contributed by atoms with E-state index in [9.17, 15) is 9.13 Å². The number of hydrogen-bond acceptors (Lipinski definition) is 4. The van der Waals surface area contributed by atoms with Crippen LogP contribution in [-0.4, -0.2) is 30.4 Å². The van der Waals surface area contributed by atoms with Gasteiger partial charge in [-0.1, -0.05) is 0 Å². The molecule has 1 rings (SSSR count). The zero-order chi connectivity index (χ0) is 11.7. The highest BCUT2D eigenvalue weighted by atomic mass is 31.2. The van der Waals surface area contributed by atoms with E-state index in [1.54, 1.807) is 0 Å². The molecule has 0 spiro atoms. The van der Waals surface area contributed by atoms with Crippen molar-refractivity contribution in [1.29, 1.82) is 0 Å². The molecular weight excluding hydrogens is 234 g/mol. The molecule has 1 saturated heterocycles. The van der Waals surface area contributed by atoms with E-state index in [-0.39, 0.29) is 18.1 Å². The lowest BCUT2D eigenvalue weighted by atomic mass is 10.5. The topological polar surface area (TPSA) is 52.6 Å². The summed E-state index contributed by atoms with van der Waals surface area (Å²) >= 11 is 0. The second kappa shape index (κ2) is 4.71. The second-order valence-corrected chi connectivity index (χ2v) is 10.2. The van der Waals surface area contributed by atoms with Gasteiger partial charge in [-0.15, -0.1) is 0 Å². The van der Waals surface area contributed by atoms with E-state index in [0.717, 1.165) is 0 Å². The van der Waals surface area contributed by atoms with Crippen LogP contribution in [-0.2, 0) is 18.2 Å². The fraction of sp³-hybridized carbons (Fsp3) is 1.00. The second-order valence-electron chi connectivity index (χ2n) is 4.53. The molecule has 0 aromatic heterocycles. The van der Waals surface area contributed by atoms with Crippen LogP contribution in [0.3, 0.4) is 0 Å². The van der Waals surface area contributed by atoms with Crippen LogP contribution in [0.1, 0.15) is 27.7 Å². The summed E-state index contributed by atoms with van der Waals surface area (Å²) in [5, 5.41) is 0. The molecule has 2 unspecified atom stereocenters. The van der Waals surface area contributed by atoms with Crippen molar-refractivity contribution in [2.45, 2.75) is 39.9 Å². The summed E-state index contributed by atoms with van der Waals surface area (Å²) < 4.78 is 35.1. The Morgan fingerprint density at radius 2 is 1.20 bits per heavy atom. The lowest BCUT2D eigenvalue weighted by Gasteiger charge is -2.17. The van der Waals surface area contributed by atoms with Crippen molar-refractivity contribution in [3.05, 3.63) is 0 Å². The van der Waals surface area contributed by atoms with Gasteiger partial charge in [-0.3, -0.25) is 9.13 Å². The SMILES string of the molecule is CC(C)OP1(=O)CCP(=O)(OC(C)C)C1. The molecule has 1 fully saturated rings. The first-order chi connectivity index (χ1) is 6.75. The average molecular weight is 254 g/mol. The van der Waals surface area contributed by atoms with Gasteiger partial charge in [0.25, 0.3) is 0 Å². The highest BCUT2D eigenvalue weighted by molar-refractivity contribution is 7.79. The standard InChI is InChI=1S/C9H20O4P2/c1-8(2)12-14(10)5-6-15(11,7-14)13-9(3)4/h8-9H,5-7H2,1-4H3. The first-order valence-electron chi connectivity index (χ1n) is 5.28. The van der Waals surface area contributed by atoms with Crippen molar-refractivity contribution < 1.29 is 18.2 Å². The molecule has 0 amide bonds. The van der Waals surface area contributed by atoms with Crippen LogP contribution in [0.25, 0.3) is 0 Å². The predicted molar refractivity (Wildman–Crippen MR) is 62.3 cm³/mol. The molecule has 0 bridgehead atoms. The highest BCUT2D eigenvalue weighted by Crippen LogP contribution is 2.70. The van der Waals surface area contributed by atoms with Gasteiger partial charge in [0.1, 0.15) is 5.90 Å². The van der Waals surface area contributed by atoms with E-state index < -0.39 is 14.7 Å². The van der Waals surface area contributed by atoms with E-state index in [1.807, 2.05) is 27.7 Å². The fourth-order valence-corrected chi connectivity index (χ4v) is 10.2. The first-order valence-corrected chi connectivity index (χ1v) is 9.27. The van der Waals surface area contributed by atoms with Gasteiger partial charge < -0.3 is 9.05 Å². The van der Waals surface area contributed by atoms with Gasteiger partial charge in [0.15, 0.2) is 0 Å². The van der Waals surface area contributed by atoms with Crippen LogP contribution in [0.4, 0.5) is 0 Å². The van der Waals surface area contributed by atoms with Crippen LogP contribution in [0.15, 0.2) is 0 Å². The Morgan fingerprint density at radius 1 is 0.867 bits per heavy atom. The summed E-state index contributed by atoms with van der Waals surface area (Å²) in [6.07, 6.45) is 0.632. The zero-order valence-corrected chi connectivity index (χ0v) is 11.6. The molecule has 1 aliphatic rings. The van der Waals surface area contributed by atoms with Crippen LogP contribution in [0.2, 0.25) is 0 Å². The van der Waals surface area contributed by atoms with Gasteiger partial charge in [-0.05, 0) is 27.7 Å². The summed E-state index contributed by atoms with van der Waals surface area (Å²) in [5.74, 6) is 0.121. The monoisotopic (exact) mass is 254 g/mol. The van der Waals surface area contributed by atoms with Gasteiger partial charge in [0.2, 0.25) is 14.7 Å². The maximum atomic E-state index is 12.1. The van der Waals surface area contributed by atoms with Crippen LogP contribution in [0.5, 0.6) is 0 Å². The predicted octanol–water partition coefficient (Wildman–Crippen LogP) is 3.36. The Bertz CT molecular complexity index is 281.